The second-order valence-electron chi connectivity index (χ2n) is 7.77. The lowest BCUT2D eigenvalue weighted by Gasteiger charge is -2.24. The van der Waals surface area contributed by atoms with Gasteiger partial charge in [0.05, 0.1) is 12.1 Å². The predicted octanol–water partition coefficient (Wildman–Crippen LogP) is 6.53. The Morgan fingerprint density at radius 1 is 1.00 bits per heavy atom. The molecule has 0 N–H and O–H groups in total. The normalized spacial score (nSPS) is 11.5. The van der Waals surface area contributed by atoms with Crippen molar-refractivity contribution in [1.82, 2.24) is 9.47 Å². The SMILES string of the molecule is CCCCCN(Cc1cccn1Cc1cccc(F)c1)C(=O)c1cccc(C(F)(F)F)c1. The molecule has 32 heavy (non-hydrogen) atoms. The summed E-state index contributed by atoms with van der Waals surface area (Å²) in [5, 5.41) is 0. The molecule has 7 heteroatoms. The molecule has 3 rings (SSSR count). The van der Waals surface area contributed by atoms with Gasteiger partial charge in [0.2, 0.25) is 0 Å². The zero-order valence-corrected chi connectivity index (χ0v) is 17.9. The molecule has 0 unspecified atom stereocenters. The summed E-state index contributed by atoms with van der Waals surface area (Å²) < 4.78 is 54.8. The largest absolute Gasteiger partial charge is 0.416 e. The number of hydrogen-bond acceptors (Lipinski definition) is 1. The summed E-state index contributed by atoms with van der Waals surface area (Å²) in [4.78, 5) is 14.7. The smallest absolute Gasteiger partial charge is 0.345 e. The van der Waals surface area contributed by atoms with Gasteiger partial charge in [-0.2, -0.15) is 13.2 Å². The minimum absolute atomic E-state index is 0.0135. The van der Waals surface area contributed by atoms with Crippen molar-refractivity contribution in [3.05, 3.63) is 95.1 Å². The van der Waals surface area contributed by atoms with E-state index in [2.05, 4.69) is 0 Å². The van der Waals surface area contributed by atoms with Crippen molar-refractivity contribution >= 4 is 5.91 Å². The van der Waals surface area contributed by atoms with Crippen LogP contribution >= 0.6 is 0 Å². The van der Waals surface area contributed by atoms with E-state index in [4.69, 9.17) is 0 Å². The lowest BCUT2D eigenvalue weighted by molar-refractivity contribution is -0.137. The van der Waals surface area contributed by atoms with Gasteiger partial charge in [-0.15, -0.1) is 0 Å². The second-order valence-corrected chi connectivity index (χ2v) is 7.77. The molecule has 0 aliphatic rings. The van der Waals surface area contributed by atoms with Crippen molar-refractivity contribution in [1.29, 1.82) is 0 Å². The number of carbonyl (C=O) groups is 1. The molecule has 0 aliphatic carbocycles. The van der Waals surface area contributed by atoms with E-state index in [-0.39, 0.29) is 17.9 Å². The lowest BCUT2D eigenvalue weighted by Crippen LogP contribution is -2.32. The lowest BCUT2D eigenvalue weighted by atomic mass is 10.1. The number of unbranched alkanes of at least 4 members (excludes halogenated alkanes) is 2. The quantitative estimate of drug-likeness (QED) is 0.271. The Bertz CT molecular complexity index is 1040. The topological polar surface area (TPSA) is 25.2 Å². The van der Waals surface area contributed by atoms with E-state index < -0.39 is 17.6 Å². The zero-order valence-electron chi connectivity index (χ0n) is 17.9. The van der Waals surface area contributed by atoms with E-state index in [1.54, 1.807) is 11.0 Å². The fraction of sp³-hybridized carbons (Fsp3) is 0.320. The van der Waals surface area contributed by atoms with Crippen LogP contribution in [0.3, 0.4) is 0 Å². The molecule has 0 saturated carbocycles. The molecule has 0 spiro atoms. The summed E-state index contributed by atoms with van der Waals surface area (Å²) >= 11 is 0. The average molecular weight is 446 g/mol. The standard InChI is InChI=1S/C25H26F4N2O/c1-2-3-4-13-31(24(32)20-9-6-10-21(16-20)25(27,28)29)18-23-12-7-14-30(23)17-19-8-5-11-22(26)15-19/h5-12,14-16H,2-4,13,17-18H2,1H3. The first-order chi connectivity index (χ1) is 15.3. The molecule has 0 radical (unpaired) electrons. The van der Waals surface area contributed by atoms with Crippen LogP contribution in [0.25, 0.3) is 0 Å². The predicted molar refractivity (Wildman–Crippen MR) is 116 cm³/mol. The van der Waals surface area contributed by atoms with Gasteiger partial charge in [-0.05, 0) is 54.4 Å². The molecule has 2 aromatic carbocycles. The molecule has 3 aromatic rings. The minimum atomic E-state index is -4.51. The highest BCUT2D eigenvalue weighted by Crippen LogP contribution is 2.30. The third-order valence-corrected chi connectivity index (χ3v) is 5.27. The number of nitrogens with zero attached hydrogens (tertiary/aromatic N) is 2. The van der Waals surface area contributed by atoms with Gasteiger partial charge in [0.15, 0.2) is 0 Å². The Balaban J connectivity index is 1.83. The fourth-order valence-corrected chi connectivity index (χ4v) is 3.59. The number of benzene rings is 2. The molecular weight excluding hydrogens is 420 g/mol. The summed E-state index contributed by atoms with van der Waals surface area (Å²) in [6.45, 7) is 3.17. The third-order valence-electron chi connectivity index (χ3n) is 5.27. The Morgan fingerprint density at radius 2 is 1.78 bits per heavy atom. The molecule has 0 atom stereocenters. The van der Waals surface area contributed by atoms with Crippen molar-refractivity contribution in [3.63, 3.8) is 0 Å². The summed E-state index contributed by atoms with van der Waals surface area (Å²) in [6, 6.07) is 14.5. The van der Waals surface area contributed by atoms with Crippen LogP contribution in [0.2, 0.25) is 0 Å². The number of carbonyl (C=O) groups excluding carboxylic acids is 1. The molecule has 0 bridgehead atoms. The monoisotopic (exact) mass is 446 g/mol. The summed E-state index contributed by atoms with van der Waals surface area (Å²) in [5.41, 5.74) is 0.779. The molecule has 1 aromatic heterocycles. The number of amides is 1. The summed E-state index contributed by atoms with van der Waals surface area (Å²) in [6.07, 6.45) is -0.0355. The number of aromatic nitrogens is 1. The maximum absolute atomic E-state index is 13.5. The number of hydrogen-bond donors (Lipinski definition) is 0. The number of rotatable bonds is 9. The van der Waals surface area contributed by atoms with Gasteiger partial charge in [0.1, 0.15) is 5.82 Å². The van der Waals surface area contributed by atoms with Crippen LogP contribution < -0.4 is 0 Å². The van der Waals surface area contributed by atoms with Gasteiger partial charge in [0.25, 0.3) is 5.91 Å². The molecule has 1 amide bonds. The van der Waals surface area contributed by atoms with Gasteiger partial charge in [-0.3, -0.25) is 4.79 Å². The van der Waals surface area contributed by atoms with Gasteiger partial charge in [-0.25, -0.2) is 4.39 Å². The highest BCUT2D eigenvalue weighted by molar-refractivity contribution is 5.94. The van der Waals surface area contributed by atoms with Crippen molar-refractivity contribution in [3.8, 4) is 0 Å². The number of alkyl halides is 3. The van der Waals surface area contributed by atoms with Crippen molar-refractivity contribution in [2.45, 2.75) is 45.5 Å². The van der Waals surface area contributed by atoms with Crippen molar-refractivity contribution in [2.75, 3.05) is 6.54 Å². The highest BCUT2D eigenvalue weighted by atomic mass is 19.4. The average Bonchev–Trinajstić information content (AvgIpc) is 3.18. The van der Waals surface area contributed by atoms with Crippen LogP contribution in [-0.4, -0.2) is 21.9 Å². The fourth-order valence-electron chi connectivity index (χ4n) is 3.59. The number of halogens is 4. The van der Waals surface area contributed by atoms with Gasteiger partial charge < -0.3 is 9.47 Å². The molecule has 3 nitrogen and oxygen atoms in total. The van der Waals surface area contributed by atoms with E-state index >= 15 is 0 Å². The first-order valence-corrected chi connectivity index (χ1v) is 10.6. The second kappa shape index (κ2) is 10.5. The Hall–Kier alpha value is -3.09. The molecule has 0 saturated heterocycles. The third kappa shape index (κ3) is 6.22. The van der Waals surface area contributed by atoms with Crippen LogP contribution in [0, 0.1) is 5.82 Å². The first kappa shape index (κ1) is 23.6. The van der Waals surface area contributed by atoms with E-state index in [1.165, 1.54) is 24.3 Å². The zero-order chi connectivity index (χ0) is 23.1. The molecule has 0 fully saturated rings. The van der Waals surface area contributed by atoms with Gasteiger partial charge in [-0.1, -0.05) is 38.0 Å². The van der Waals surface area contributed by atoms with Crippen LogP contribution in [0.4, 0.5) is 17.6 Å². The Labute approximate surface area is 185 Å². The molecule has 0 aliphatic heterocycles. The molecular formula is C25H26F4N2O. The van der Waals surface area contributed by atoms with E-state index in [0.717, 1.165) is 42.7 Å². The van der Waals surface area contributed by atoms with Gasteiger partial charge in [0, 0.05) is 30.5 Å². The van der Waals surface area contributed by atoms with E-state index in [0.29, 0.717) is 13.1 Å². The summed E-state index contributed by atoms with van der Waals surface area (Å²) in [5.74, 6) is -0.761. The minimum Gasteiger partial charge on any atom is -0.345 e. The van der Waals surface area contributed by atoms with E-state index in [9.17, 15) is 22.4 Å². The van der Waals surface area contributed by atoms with Crippen LogP contribution in [0.15, 0.2) is 66.9 Å². The maximum atomic E-state index is 13.5. The Kier molecular flexibility index (Phi) is 7.72. The Morgan fingerprint density at radius 3 is 2.50 bits per heavy atom. The molecule has 1 heterocycles. The maximum Gasteiger partial charge on any atom is 0.416 e. The molecule has 170 valence electrons. The highest BCUT2D eigenvalue weighted by Gasteiger charge is 2.31. The summed E-state index contributed by atoms with van der Waals surface area (Å²) in [7, 11) is 0. The van der Waals surface area contributed by atoms with Crippen LogP contribution in [-0.2, 0) is 19.3 Å². The van der Waals surface area contributed by atoms with Crippen LogP contribution in [0.1, 0.15) is 53.4 Å². The van der Waals surface area contributed by atoms with Gasteiger partial charge >= 0.3 is 6.18 Å². The van der Waals surface area contributed by atoms with Crippen molar-refractivity contribution in [2.24, 2.45) is 0 Å². The van der Waals surface area contributed by atoms with Crippen molar-refractivity contribution < 1.29 is 22.4 Å². The first-order valence-electron chi connectivity index (χ1n) is 10.6. The van der Waals surface area contributed by atoms with Crippen LogP contribution in [0.5, 0.6) is 0 Å². The van der Waals surface area contributed by atoms with E-state index in [1.807, 2.05) is 35.9 Å².